The molecular formula is C19H26ClNO3. The van der Waals surface area contributed by atoms with Gasteiger partial charge in [0.2, 0.25) is 5.91 Å². The van der Waals surface area contributed by atoms with Crippen LogP contribution in [-0.2, 0) is 4.79 Å². The molecule has 0 aromatic heterocycles. The van der Waals surface area contributed by atoms with Crippen molar-refractivity contribution in [1.82, 2.24) is 4.90 Å². The molecule has 1 amide bonds. The largest absolute Gasteiger partial charge is 0.493 e. The summed E-state index contributed by atoms with van der Waals surface area (Å²) in [5, 5.41) is 0.459. The molecule has 0 spiro atoms. The van der Waals surface area contributed by atoms with Crippen molar-refractivity contribution in [2.45, 2.75) is 44.6 Å². The van der Waals surface area contributed by atoms with Gasteiger partial charge < -0.3 is 14.4 Å². The van der Waals surface area contributed by atoms with Gasteiger partial charge in [0.1, 0.15) is 0 Å². The number of benzene rings is 1. The average molecular weight is 352 g/mol. The Morgan fingerprint density at radius 3 is 2.42 bits per heavy atom. The van der Waals surface area contributed by atoms with Crippen LogP contribution in [0.1, 0.15) is 44.1 Å². The molecule has 0 radical (unpaired) electrons. The van der Waals surface area contributed by atoms with Crippen LogP contribution in [0.3, 0.4) is 0 Å². The molecule has 4 nitrogen and oxygen atoms in total. The lowest BCUT2D eigenvalue weighted by Gasteiger charge is -2.26. The van der Waals surface area contributed by atoms with Crippen molar-refractivity contribution in [3.8, 4) is 11.5 Å². The summed E-state index contributed by atoms with van der Waals surface area (Å²) in [6.45, 7) is 0. The van der Waals surface area contributed by atoms with Crippen LogP contribution < -0.4 is 9.47 Å². The molecule has 1 aromatic rings. The zero-order valence-electron chi connectivity index (χ0n) is 14.7. The molecule has 0 heterocycles. The number of nitrogens with zero attached hydrogens (tertiary/aromatic N) is 1. The topological polar surface area (TPSA) is 38.8 Å². The normalized spacial score (nSPS) is 16.0. The van der Waals surface area contributed by atoms with Gasteiger partial charge in [-0.3, -0.25) is 4.79 Å². The molecule has 1 aliphatic carbocycles. The lowest BCUT2D eigenvalue weighted by atomic mass is 10.1. The maximum atomic E-state index is 12.4. The van der Waals surface area contributed by atoms with E-state index in [0.717, 1.165) is 18.4 Å². The molecule has 1 fully saturated rings. The highest BCUT2D eigenvalue weighted by atomic mass is 35.5. The van der Waals surface area contributed by atoms with Crippen LogP contribution in [0.5, 0.6) is 11.5 Å². The Labute approximate surface area is 149 Å². The van der Waals surface area contributed by atoms with Gasteiger partial charge in [0.05, 0.1) is 19.2 Å². The van der Waals surface area contributed by atoms with Crippen molar-refractivity contribution in [1.29, 1.82) is 0 Å². The van der Waals surface area contributed by atoms with E-state index in [2.05, 4.69) is 0 Å². The first-order chi connectivity index (χ1) is 11.6. The molecule has 1 aliphatic rings. The van der Waals surface area contributed by atoms with Crippen molar-refractivity contribution in [3.05, 3.63) is 28.8 Å². The number of likely N-dealkylation sites (N-methyl/N-ethyl adjacent to an activating group) is 1. The van der Waals surface area contributed by atoms with Gasteiger partial charge in [0, 0.05) is 19.2 Å². The van der Waals surface area contributed by atoms with Gasteiger partial charge in [0.15, 0.2) is 11.5 Å². The van der Waals surface area contributed by atoms with Crippen LogP contribution in [0.2, 0.25) is 5.02 Å². The predicted octanol–water partition coefficient (Wildman–Crippen LogP) is 4.55. The highest BCUT2D eigenvalue weighted by Crippen LogP contribution is 2.36. The van der Waals surface area contributed by atoms with Crippen LogP contribution in [0.15, 0.2) is 18.2 Å². The first-order valence-corrected chi connectivity index (χ1v) is 8.81. The van der Waals surface area contributed by atoms with Crippen molar-refractivity contribution < 1.29 is 14.3 Å². The third-order valence-corrected chi connectivity index (χ3v) is 4.88. The predicted molar refractivity (Wildman–Crippen MR) is 97.9 cm³/mol. The summed E-state index contributed by atoms with van der Waals surface area (Å²) < 4.78 is 10.5. The SMILES string of the molecule is COc1cc(/C=C/C(=O)N(C)C2CCCCCC2)cc(Cl)c1OC. The van der Waals surface area contributed by atoms with Crippen molar-refractivity contribution >= 4 is 23.6 Å². The third kappa shape index (κ3) is 4.67. The van der Waals surface area contributed by atoms with E-state index in [9.17, 15) is 4.79 Å². The zero-order chi connectivity index (χ0) is 17.5. The molecule has 0 unspecified atom stereocenters. The Balaban J connectivity index is 2.09. The maximum Gasteiger partial charge on any atom is 0.246 e. The first kappa shape index (κ1) is 18.7. The van der Waals surface area contributed by atoms with Crippen LogP contribution in [-0.4, -0.2) is 38.1 Å². The number of hydrogen-bond acceptors (Lipinski definition) is 3. The van der Waals surface area contributed by atoms with Crippen molar-refractivity contribution in [2.24, 2.45) is 0 Å². The molecule has 5 heteroatoms. The fraction of sp³-hybridized carbons (Fsp3) is 0.526. The number of hydrogen-bond donors (Lipinski definition) is 0. The van der Waals surface area contributed by atoms with Gasteiger partial charge in [-0.1, -0.05) is 37.3 Å². The van der Waals surface area contributed by atoms with E-state index in [0.29, 0.717) is 22.6 Å². The number of carbonyl (C=O) groups is 1. The van der Waals surface area contributed by atoms with E-state index in [-0.39, 0.29) is 5.91 Å². The molecule has 0 bridgehead atoms. The first-order valence-electron chi connectivity index (χ1n) is 8.43. The monoisotopic (exact) mass is 351 g/mol. The molecule has 132 valence electrons. The molecule has 1 aromatic carbocycles. The second kappa shape index (κ2) is 8.97. The minimum absolute atomic E-state index is 0.0211. The molecule has 2 rings (SSSR count). The van der Waals surface area contributed by atoms with E-state index >= 15 is 0 Å². The smallest absolute Gasteiger partial charge is 0.246 e. The Bertz CT molecular complexity index is 593. The highest BCUT2D eigenvalue weighted by Gasteiger charge is 2.19. The number of methoxy groups -OCH3 is 2. The standard InChI is InChI=1S/C19H26ClNO3/c1-21(15-8-6-4-5-7-9-15)18(22)11-10-14-12-16(20)19(24-3)17(13-14)23-2/h10-13,15H,4-9H2,1-3H3/b11-10+. The quantitative estimate of drug-likeness (QED) is 0.577. The average Bonchev–Trinajstić information content (AvgIpc) is 2.87. The van der Waals surface area contributed by atoms with Gasteiger partial charge in [0.25, 0.3) is 0 Å². The Morgan fingerprint density at radius 2 is 1.83 bits per heavy atom. The minimum Gasteiger partial charge on any atom is -0.493 e. The van der Waals surface area contributed by atoms with Gasteiger partial charge in [-0.25, -0.2) is 0 Å². The van der Waals surface area contributed by atoms with E-state index in [1.54, 1.807) is 38.5 Å². The molecule has 0 saturated heterocycles. The number of carbonyl (C=O) groups excluding carboxylic acids is 1. The minimum atomic E-state index is 0.0211. The lowest BCUT2D eigenvalue weighted by Crippen LogP contribution is -2.35. The number of halogens is 1. The molecular weight excluding hydrogens is 326 g/mol. The van der Waals surface area contributed by atoms with Crippen LogP contribution in [0.4, 0.5) is 0 Å². The second-order valence-electron chi connectivity index (χ2n) is 6.17. The molecule has 0 aliphatic heterocycles. The van der Waals surface area contributed by atoms with E-state index < -0.39 is 0 Å². The van der Waals surface area contributed by atoms with Crippen LogP contribution >= 0.6 is 11.6 Å². The van der Waals surface area contributed by atoms with Crippen molar-refractivity contribution in [3.63, 3.8) is 0 Å². The maximum absolute atomic E-state index is 12.4. The Morgan fingerprint density at radius 1 is 1.17 bits per heavy atom. The number of rotatable bonds is 5. The summed E-state index contributed by atoms with van der Waals surface area (Å²) in [7, 11) is 5.00. The fourth-order valence-electron chi connectivity index (χ4n) is 3.14. The third-order valence-electron chi connectivity index (χ3n) is 4.59. The van der Waals surface area contributed by atoms with E-state index in [1.165, 1.54) is 25.7 Å². The summed E-state index contributed by atoms with van der Waals surface area (Å²) in [6, 6.07) is 3.91. The summed E-state index contributed by atoms with van der Waals surface area (Å²) in [4.78, 5) is 14.3. The molecule has 0 N–H and O–H groups in total. The zero-order valence-corrected chi connectivity index (χ0v) is 15.4. The van der Waals surface area contributed by atoms with E-state index in [4.69, 9.17) is 21.1 Å². The van der Waals surface area contributed by atoms with Crippen molar-refractivity contribution in [2.75, 3.05) is 21.3 Å². The summed E-state index contributed by atoms with van der Waals surface area (Å²) in [6.07, 6.45) is 10.5. The van der Waals surface area contributed by atoms with Gasteiger partial charge in [-0.2, -0.15) is 0 Å². The van der Waals surface area contributed by atoms with Gasteiger partial charge >= 0.3 is 0 Å². The summed E-state index contributed by atoms with van der Waals surface area (Å²) in [5.74, 6) is 1.07. The number of amides is 1. The summed E-state index contributed by atoms with van der Waals surface area (Å²) >= 11 is 6.20. The fourth-order valence-corrected chi connectivity index (χ4v) is 3.44. The molecule has 0 atom stereocenters. The van der Waals surface area contributed by atoms with E-state index in [1.807, 2.05) is 11.9 Å². The lowest BCUT2D eigenvalue weighted by molar-refractivity contribution is -0.126. The van der Waals surface area contributed by atoms with Crippen LogP contribution in [0, 0.1) is 0 Å². The van der Waals surface area contributed by atoms with Gasteiger partial charge in [-0.05, 0) is 36.6 Å². The second-order valence-corrected chi connectivity index (χ2v) is 6.57. The Hall–Kier alpha value is -1.68. The Kier molecular flexibility index (Phi) is 6.98. The molecule has 1 saturated carbocycles. The summed E-state index contributed by atoms with van der Waals surface area (Å²) in [5.41, 5.74) is 0.806. The number of ether oxygens (including phenoxy) is 2. The van der Waals surface area contributed by atoms with Crippen LogP contribution in [0.25, 0.3) is 6.08 Å². The molecule has 24 heavy (non-hydrogen) atoms. The highest BCUT2D eigenvalue weighted by molar-refractivity contribution is 6.32. The van der Waals surface area contributed by atoms with Gasteiger partial charge in [-0.15, -0.1) is 0 Å².